The second kappa shape index (κ2) is 10.6. The Morgan fingerprint density at radius 1 is 1.21 bits per heavy atom. The summed E-state index contributed by atoms with van der Waals surface area (Å²) in [4.78, 5) is 27.8. The summed E-state index contributed by atoms with van der Waals surface area (Å²) in [6, 6.07) is 13.0. The van der Waals surface area contributed by atoms with E-state index < -0.39 is 5.54 Å². The lowest BCUT2D eigenvalue weighted by molar-refractivity contribution is -0.134. The number of fused-ring (bicyclic) bond motifs is 1. The predicted molar refractivity (Wildman–Crippen MR) is 135 cm³/mol. The van der Waals surface area contributed by atoms with Crippen molar-refractivity contribution < 1.29 is 14.7 Å². The van der Waals surface area contributed by atoms with E-state index in [1.165, 1.54) is 0 Å². The van der Waals surface area contributed by atoms with Crippen LogP contribution in [0, 0.1) is 5.92 Å². The zero-order chi connectivity index (χ0) is 24.3. The number of likely N-dealkylation sites (tertiary alicyclic amines) is 1. The number of halogens is 2. The van der Waals surface area contributed by atoms with Crippen LogP contribution in [0.2, 0.25) is 10.0 Å². The zero-order valence-corrected chi connectivity index (χ0v) is 20.8. The van der Waals surface area contributed by atoms with Gasteiger partial charge in [0.25, 0.3) is 0 Å². The van der Waals surface area contributed by atoms with Gasteiger partial charge >= 0.3 is 0 Å². The van der Waals surface area contributed by atoms with Crippen molar-refractivity contribution in [3.8, 4) is 0 Å². The maximum Gasteiger partial charge on any atom is 0.249 e. The number of nitrogens with zero attached hydrogens (tertiary/aromatic N) is 1. The number of carbonyl (C=O) groups is 2. The molecule has 0 aromatic heterocycles. The molecule has 2 heterocycles. The monoisotopic (exact) mass is 503 g/mol. The minimum atomic E-state index is -0.947. The molecule has 4 rings (SSSR count). The largest absolute Gasteiger partial charge is 0.393 e. The average Bonchev–Trinajstić information content (AvgIpc) is 3.04. The molecule has 0 radical (unpaired) electrons. The number of nitrogens with one attached hydrogen (secondary N) is 2. The molecule has 182 valence electrons. The molecule has 2 unspecified atom stereocenters. The normalized spacial score (nSPS) is 21.3. The van der Waals surface area contributed by atoms with Gasteiger partial charge in [-0.15, -0.1) is 0 Å². The van der Waals surface area contributed by atoms with E-state index >= 15 is 0 Å². The van der Waals surface area contributed by atoms with Crippen LogP contribution >= 0.6 is 23.2 Å². The van der Waals surface area contributed by atoms with Gasteiger partial charge in [-0.2, -0.15) is 0 Å². The van der Waals surface area contributed by atoms with Crippen molar-refractivity contribution in [3.05, 3.63) is 63.6 Å². The fourth-order valence-electron chi connectivity index (χ4n) is 4.89. The number of piperidine rings is 1. The van der Waals surface area contributed by atoms with Gasteiger partial charge in [0.15, 0.2) is 0 Å². The van der Waals surface area contributed by atoms with Crippen LogP contribution < -0.4 is 10.6 Å². The smallest absolute Gasteiger partial charge is 0.249 e. The van der Waals surface area contributed by atoms with Crippen LogP contribution in [0.1, 0.15) is 43.7 Å². The Morgan fingerprint density at radius 3 is 2.68 bits per heavy atom. The first-order valence-electron chi connectivity index (χ1n) is 11.8. The highest BCUT2D eigenvalue weighted by Crippen LogP contribution is 2.40. The number of amides is 2. The fraction of sp³-hybridized carbons (Fsp3) is 0.462. The molecule has 2 amide bonds. The van der Waals surface area contributed by atoms with Crippen molar-refractivity contribution in [2.24, 2.45) is 5.92 Å². The molecule has 0 saturated carbocycles. The second-order valence-electron chi connectivity index (χ2n) is 9.49. The highest BCUT2D eigenvalue weighted by atomic mass is 35.5. The van der Waals surface area contributed by atoms with Crippen LogP contribution in [0.4, 0.5) is 5.69 Å². The number of hydrogen-bond acceptors (Lipinski definition) is 4. The van der Waals surface area contributed by atoms with Crippen molar-refractivity contribution >= 4 is 40.7 Å². The number of benzene rings is 2. The minimum absolute atomic E-state index is 0.125. The summed E-state index contributed by atoms with van der Waals surface area (Å²) < 4.78 is 0. The first-order chi connectivity index (χ1) is 16.3. The van der Waals surface area contributed by atoms with Crippen molar-refractivity contribution in [2.45, 2.75) is 50.7 Å². The van der Waals surface area contributed by atoms with Crippen molar-refractivity contribution in [1.82, 2.24) is 10.2 Å². The third-order valence-corrected chi connectivity index (χ3v) is 7.31. The lowest BCUT2D eigenvalue weighted by atomic mass is 9.84. The molecule has 0 aliphatic carbocycles. The molecule has 6 nitrogen and oxygen atoms in total. The third-order valence-electron chi connectivity index (χ3n) is 6.84. The van der Waals surface area contributed by atoms with Crippen LogP contribution in [-0.2, 0) is 21.5 Å². The SMILES string of the molecule is CC(CCNC1(Cc2cccc(Cl)c2)C(=O)Nc2cc(Cl)ccc21)CC(=O)N1CCC(O)CC1. The number of anilines is 1. The fourth-order valence-corrected chi connectivity index (χ4v) is 5.27. The Kier molecular flexibility index (Phi) is 7.83. The summed E-state index contributed by atoms with van der Waals surface area (Å²) in [6.07, 6.45) is 2.64. The summed E-state index contributed by atoms with van der Waals surface area (Å²) in [5.41, 5.74) is 1.57. The van der Waals surface area contributed by atoms with E-state index in [2.05, 4.69) is 17.6 Å². The topological polar surface area (TPSA) is 81.7 Å². The van der Waals surface area contributed by atoms with E-state index in [-0.39, 0.29) is 23.8 Å². The standard InChI is InChI=1S/C26H31Cl2N3O3/c1-17(13-24(33)31-11-8-21(32)9-12-31)7-10-29-26(16-18-3-2-4-19(27)14-18)22-6-5-20(28)15-23(22)30-25(26)34/h2-6,14-15,17,21,29,32H,7-13,16H2,1H3,(H,30,34). The van der Waals surface area contributed by atoms with Gasteiger partial charge < -0.3 is 15.3 Å². The number of aliphatic hydroxyl groups excluding tert-OH is 1. The third kappa shape index (κ3) is 5.57. The molecule has 2 aromatic carbocycles. The van der Waals surface area contributed by atoms with Crippen LogP contribution in [-0.4, -0.2) is 47.6 Å². The van der Waals surface area contributed by atoms with E-state index in [1.807, 2.05) is 35.2 Å². The molecule has 2 aliphatic heterocycles. The van der Waals surface area contributed by atoms with Crippen molar-refractivity contribution in [2.75, 3.05) is 25.0 Å². The number of aliphatic hydroxyl groups is 1. The summed E-state index contributed by atoms with van der Waals surface area (Å²) >= 11 is 12.4. The van der Waals surface area contributed by atoms with Crippen LogP contribution in [0.5, 0.6) is 0 Å². The lowest BCUT2D eigenvalue weighted by Crippen LogP contribution is -2.50. The van der Waals surface area contributed by atoms with E-state index in [0.717, 1.165) is 17.5 Å². The molecule has 2 aromatic rings. The van der Waals surface area contributed by atoms with Crippen LogP contribution in [0.3, 0.4) is 0 Å². The van der Waals surface area contributed by atoms with Gasteiger partial charge in [0.2, 0.25) is 11.8 Å². The summed E-state index contributed by atoms with van der Waals surface area (Å²) in [7, 11) is 0. The maximum absolute atomic E-state index is 13.3. The maximum atomic E-state index is 13.3. The molecule has 0 spiro atoms. The summed E-state index contributed by atoms with van der Waals surface area (Å²) in [6.45, 7) is 3.87. The average molecular weight is 504 g/mol. The van der Waals surface area contributed by atoms with E-state index in [1.54, 1.807) is 12.1 Å². The Labute approximate surface area is 210 Å². The molecule has 2 atom stereocenters. The Morgan fingerprint density at radius 2 is 1.94 bits per heavy atom. The molecule has 1 fully saturated rings. The van der Waals surface area contributed by atoms with E-state index in [0.29, 0.717) is 61.1 Å². The number of carbonyl (C=O) groups excluding carboxylic acids is 2. The second-order valence-corrected chi connectivity index (χ2v) is 10.4. The lowest BCUT2D eigenvalue weighted by Gasteiger charge is -2.31. The van der Waals surface area contributed by atoms with Gasteiger partial charge in [0.05, 0.1) is 6.10 Å². The van der Waals surface area contributed by atoms with Gasteiger partial charge in [-0.3, -0.25) is 14.9 Å². The number of hydrogen-bond donors (Lipinski definition) is 3. The highest BCUT2D eigenvalue weighted by molar-refractivity contribution is 6.31. The van der Waals surface area contributed by atoms with Crippen LogP contribution in [0.15, 0.2) is 42.5 Å². The molecular formula is C26H31Cl2N3O3. The van der Waals surface area contributed by atoms with Gasteiger partial charge in [0, 0.05) is 47.2 Å². The highest BCUT2D eigenvalue weighted by Gasteiger charge is 2.46. The first kappa shape index (κ1) is 25.0. The molecule has 0 bridgehead atoms. The van der Waals surface area contributed by atoms with Gasteiger partial charge in [-0.1, -0.05) is 48.3 Å². The molecule has 34 heavy (non-hydrogen) atoms. The van der Waals surface area contributed by atoms with Gasteiger partial charge in [-0.25, -0.2) is 0 Å². The van der Waals surface area contributed by atoms with Gasteiger partial charge in [0.1, 0.15) is 5.54 Å². The molecule has 3 N–H and O–H groups in total. The van der Waals surface area contributed by atoms with Crippen LogP contribution in [0.25, 0.3) is 0 Å². The van der Waals surface area contributed by atoms with E-state index in [9.17, 15) is 14.7 Å². The molecular weight excluding hydrogens is 473 g/mol. The summed E-state index contributed by atoms with van der Waals surface area (Å²) in [5, 5.41) is 17.4. The zero-order valence-electron chi connectivity index (χ0n) is 19.3. The quantitative estimate of drug-likeness (QED) is 0.499. The Hall–Kier alpha value is -2.12. The first-order valence-corrected chi connectivity index (χ1v) is 12.6. The number of rotatable bonds is 8. The predicted octanol–water partition coefficient (Wildman–Crippen LogP) is 4.37. The minimum Gasteiger partial charge on any atom is -0.393 e. The van der Waals surface area contributed by atoms with Crippen molar-refractivity contribution in [3.63, 3.8) is 0 Å². The molecule has 1 saturated heterocycles. The van der Waals surface area contributed by atoms with Crippen molar-refractivity contribution in [1.29, 1.82) is 0 Å². The Bertz CT molecular complexity index is 1060. The van der Waals surface area contributed by atoms with E-state index in [4.69, 9.17) is 23.2 Å². The molecule has 2 aliphatic rings. The summed E-state index contributed by atoms with van der Waals surface area (Å²) in [5.74, 6) is 0.163. The Balaban J connectivity index is 1.45. The van der Waals surface area contributed by atoms with Gasteiger partial charge in [-0.05, 0) is 61.6 Å². The molecule has 8 heteroatoms.